The van der Waals surface area contributed by atoms with Crippen molar-refractivity contribution in [1.82, 2.24) is 24.8 Å². The minimum atomic E-state index is 0.0271. The molecule has 2 aromatic carbocycles. The number of fused-ring (bicyclic) bond motifs is 1. The van der Waals surface area contributed by atoms with Crippen molar-refractivity contribution in [3.8, 4) is 17.1 Å². The summed E-state index contributed by atoms with van der Waals surface area (Å²) in [6.07, 6.45) is 4.97. The number of nitrogens with zero attached hydrogens (tertiary/aromatic N) is 5. The average molecular weight is 425 g/mol. The van der Waals surface area contributed by atoms with Gasteiger partial charge in [-0.15, -0.1) is 0 Å². The first-order valence-corrected chi connectivity index (χ1v) is 11.0. The van der Waals surface area contributed by atoms with E-state index < -0.39 is 0 Å². The van der Waals surface area contributed by atoms with Gasteiger partial charge in [-0.2, -0.15) is 10.1 Å². The van der Waals surface area contributed by atoms with E-state index in [-0.39, 0.29) is 5.91 Å². The van der Waals surface area contributed by atoms with Gasteiger partial charge in [0.1, 0.15) is 0 Å². The van der Waals surface area contributed by atoms with Gasteiger partial charge in [0.2, 0.25) is 11.7 Å². The van der Waals surface area contributed by atoms with Gasteiger partial charge in [-0.1, -0.05) is 29.4 Å². The zero-order chi connectivity index (χ0) is 21.7. The predicted octanol–water partition coefficient (Wildman–Crippen LogP) is 4.31. The molecule has 7 heteroatoms. The van der Waals surface area contributed by atoms with E-state index in [1.807, 2.05) is 48.4 Å². The number of aryl methyl sites for hydroxylation is 1. The Morgan fingerprint density at radius 1 is 1.06 bits per heavy atom. The lowest BCUT2D eigenvalue weighted by molar-refractivity contribution is 0.0734. The summed E-state index contributed by atoms with van der Waals surface area (Å²) in [6, 6.07) is 16.2. The maximum Gasteiger partial charge on any atom is 0.257 e. The lowest BCUT2D eigenvalue weighted by Gasteiger charge is -2.28. The molecule has 2 aromatic heterocycles. The Hall–Kier alpha value is -3.74. The maximum atomic E-state index is 13.2. The monoisotopic (exact) mass is 425 g/mol. The van der Waals surface area contributed by atoms with Crippen molar-refractivity contribution in [1.29, 1.82) is 0 Å². The third-order valence-corrected chi connectivity index (χ3v) is 6.31. The fraction of sp³-hybridized carbons (Fsp3) is 0.280. The summed E-state index contributed by atoms with van der Waals surface area (Å²) >= 11 is 0. The van der Waals surface area contributed by atoms with Gasteiger partial charge < -0.3 is 9.42 Å². The highest BCUT2D eigenvalue weighted by Crippen LogP contribution is 2.39. The van der Waals surface area contributed by atoms with Crippen LogP contribution in [0.15, 0.2) is 59.3 Å². The van der Waals surface area contributed by atoms with Crippen LogP contribution in [0, 0.1) is 6.92 Å². The fourth-order valence-electron chi connectivity index (χ4n) is 4.25. The summed E-state index contributed by atoms with van der Waals surface area (Å²) in [5.74, 6) is 1.80. The zero-order valence-electron chi connectivity index (χ0n) is 17.9. The number of carbonyl (C=O) groups excluding carboxylic acids is 1. The molecule has 1 fully saturated rings. The number of aromatic nitrogens is 4. The Morgan fingerprint density at radius 3 is 2.62 bits per heavy atom. The lowest BCUT2D eigenvalue weighted by Crippen LogP contribution is -2.36. The van der Waals surface area contributed by atoms with E-state index in [9.17, 15) is 4.79 Å². The van der Waals surface area contributed by atoms with Crippen LogP contribution in [0.2, 0.25) is 0 Å². The van der Waals surface area contributed by atoms with Gasteiger partial charge in [0.25, 0.3) is 5.91 Å². The highest BCUT2D eigenvalue weighted by atomic mass is 16.5. The molecule has 3 heterocycles. The number of carbonyl (C=O) groups is 1. The first kappa shape index (κ1) is 19.0. The number of rotatable bonds is 4. The standard InChI is InChI=1S/C25H23N5O2/c1-16-22(25(31)29-13-12-17-4-2-3-5-20(17)14-29)15-30(27-16)21-10-8-18(9-11-21)23-26-24(32-28-23)19-6-7-19/h2-5,8-11,15,19H,6-7,12-14H2,1H3. The number of amides is 1. The summed E-state index contributed by atoms with van der Waals surface area (Å²) in [6.45, 7) is 3.25. The van der Waals surface area contributed by atoms with Crippen molar-refractivity contribution in [3.05, 3.63) is 83.0 Å². The first-order chi connectivity index (χ1) is 15.7. The van der Waals surface area contributed by atoms with Gasteiger partial charge >= 0.3 is 0 Å². The van der Waals surface area contributed by atoms with E-state index in [0.29, 0.717) is 23.9 Å². The van der Waals surface area contributed by atoms with Crippen molar-refractivity contribution in [2.45, 2.75) is 38.6 Å². The summed E-state index contributed by atoms with van der Waals surface area (Å²) < 4.78 is 7.12. The Bertz CT molecular complexity index is 1300. The molecule has 1 saturated carbocycles. The fourth-order valence-corrected chi connectivity index (χ4v) is 4.25. The SMILES string of the molecule is Cc1nn(-c2ccc(-c3noc(C4CC4)n3)cc2)cc1C(=O)N1CCc2ccccc2C1. The molecule has 0 saturated heterocycles. The molecule has 1 amide bonds. The second-order valence-electron chi connectivity index (χ2n) is 8.60. The summed E-state index contributed by atoms with van der Waals surface area (Å²) in [5.41, 5.74) is 5.70. The third-order valence-electron chi connectivity index (χ3n) is 6.31. The van der Waals surface area contributed by atoms with Crippen LogP contribution in [0.25, 0.3) is 17.1 Å². The highest BCUT2D eigenvalue weighted by Gasteiger charge is 2.30. The average Bonchev–Trinajstić information content (AvgIpc) is 3.43. The second kappa shape index (κ2) is 7.44. The molecule has 1 aliphatic carbocycles. The predicted molar refractivity (Wildman–Crippen MR) is 118 cm³/mol. The Labute approximate surface area is 185 Å². The van der Waals surface area contributed by atoms with Gasteiger partial charge in [0.05, 0.1) is 16.9 Å². The topological polar surface area (TPSA) is 77.0 Å². The van der Waals surface area contributed by atoms with Gasteiger partial charge in [0.15, 0.2) is 0 Å². The van der Waals surface area contributed by atoms with Crippen LogP contribution in [-0.2, 0) is 13.0 Å². The van der Waals surface area contributed by atoms with Crippen molar-refractivity contribution < 1.29 is 9.32 Å². The van der Waals surface area contributed by atoms with E-state index in [1.165, 1.54) is 11.1 Å². The van der Waals surface area contributed by atoms with E-state index in [2.05, 4.69) is 33.4 Å². The van der Waals surface area contributed by atoms with Gasteiger partial charge in [-0.25, -0.2) is 4.68 Å². The molecule has 7 nitrogen and oxygen atoms in total. The molecular weight excluding hydrogens is 402 g/mol. The van der Waals surface area contributed by atoms with Crippen LogP contribution < -0.4 is 0 Å². The molecule has 0 atom stereocenters. The van der Waals surface area contributed by atoms with Crippen molar-refractivity contribution >= 4 is 5.91 Å². The van der Waals surface area contributed by atoms with Gasteiger partial charge in [0, 0.05) is 30.8 Å². The van der Waals surface area contributed by atoms with Crippen LogP contribution in [0.5, 0.6) is 0 Å². The summed E-state index contributed by atoms with van der Waals surface area (Å²) in [4.78, 5) is 19.6. The molecule has 1 aliphatic heterocycles. The Morgan fingerprint density at radius 2 is 1.84 bits per heavy atom. The minimum absolute atomic E-state index is 0.0271. The smallest absolute Gasteiger partial charge is 0.257 e. The van der Waals surface area contributed by atoms with Crippen molar-refractivity contribution in [2.75, 3.05) is 6.54 Å². The molecule has 4 aromatic rings. The summed E-state index contributed by atoms with van der Waals surface area (Å²) in [7, 11) is 0. The van der Waals surface area contributed by atoms with Gasteiger partial charge in [-0.05, 0) is 61.6 Å². The van der Waals surface area contributed by atoms with Crippen LogP contribution in [-0.4, -0.2) is 37.3 Å². The number of benzene rings is 2. The molecule has 2 aliphatic rings. The van der Waals surface area contributed by atoms with E-state index in [1.54, 1.807) is 4.68 Å². The Balaban J connectivity index is 1.22. The van der Waals surface area contributed by atoms with Crippen molar-refractivity contribution in [2.24, 2.45) is 0 Å². The zero-order valence-corrected chi connectivity index (χ0v) is 17.9. The number of hydrogen-bond donors (Lipinski definition) is 0. The number of hydrogen-bond acceptors (Lipinski definition) is 5. The molecule has 0 radical (unpaired) electrons. The van der Waals surface area contributed by atoms with Gasteiger partial charge in [-0.3, -0.25) is 4.79 Å². The molecular formula is C25H23N5O2. The second-order valence-corrected chi connectivity index (χ2v) is 8.60. The highest BCUT2D eigenvalue weighted by molar-refractivity contribution is 5.95. The normalized spacial score (nSPS) is 15.6. The minimum Gasteiger partial charge on any atom is -0.339 e. The van der Waals surface area contributed by atoms with E-state index >= 15 is 0 Å². The van der Waals surface area contributed by atoms with E-state index in [0.717, 1.165) is 48.6 Å². The molecule has 0 N–H and O–H groups in total. The molecule has 160 valence electrons. The van der Waals surface area contributed by atoms with Crippen LogP contribution in [0.3, 0.4) is 0 Å². The molecule has 0 bridgehead atoms. The maximum absolute atomic E-state index is 13.2. The summed E-state index contributed by atoms with van der Waals surface area (Å²) in [5, 5.41) is 8.70. The van der Waals surface area contributed by atoms with E-state index in [4.69, 9.17) is 4.52 Å². The van der Waals surface area contributed by atoms with Crippen molar-refractivity contribution in [3.63, 3.8) is 0 Å². The quantitative estimate of drug-likeness (QED) is 0.487. The van der Waals surface area contributed by atoms with Crippen LogP contribution in [0.4, 0.5) is 0 Å². The largest absolute Gasteiger partial charge is 0.339 e. The first-order valence-electron chi connectivity index (χ1n) is 11.0. The third kappa shape index (κ3) is 3.39. The molecule has 32 heavy (non-hydrogen) atoms. The molecule has 6 rings (SSSR count). The molecule has 0 unspecified atom stereocenters. The molecule has 0 spiro atoms. The Kier molecular flexibility index (Phi) is 4.41. The lowest BCUT2D eigenvalue weighted by atomic mass is 9.99. The van der Waals surface area contributed by atoms with Crippen LogP contribution in [0.1, 0.15) is 51.8 Å². The van der Waals surface area contributed by atoms with Crippen LogP contribution >= 0.6 is 0 Å².